The molecule has 65 heavy (non-hydrogen) atoms. The molecule has 0 saturated carbocycles. The summed E-state index contributed by atoms with van der Waals surface area (Å²) in [5.41, 5.74) is 0. The van der Waals surface area contributed by atoms with Crippen molar-refractivity contribution in [1.82, 2.24) is 0 Å². The summed E-state index contributed by atoms with van der Waals surface area (Å²) >= 11 is 0. The van der Waals surface area contributed by atoms with Crippen LogP contribution in [-0.4, -0.2) is 37.2 Å². The summed E-state index contributed by atoms with van der Waals surface area (Å²) in [6, 6.07) is 0. The van der Waals surface area contributed by atoms with Crippen LogP contribution in [0.2, 0.25) is 0 Å². The quantitative estimate of drug-likeness (QED) is 0.0262. The highest BCUT2D eigenvalue weighted by molar-refractivity contribution is 5.71. The molecule has 0 amide bonds. The average molecular weight is 901 g/mol. The number of carbonyl (C=O) groups excluding carboxylic acids is 3. The molecule has 0 aromatic rings. The monoisotopic (exact) mass is 901 g/mol. The van der Waals surface area contributed by atoms with Gasteiger partial charge in [0.25, 0.3) is 0 Å². The van der Waals surface area contributed by atoms with Crippen molar-refractivity contribution in [3.8, 4) is 0 Å². The lowest BCUT2D eigenvalue weighted by Crippen LogP contribution is -2.30. The zero-order valence-electron chi connectivity index (χ0n) is 42.0. The van der Waals surface area contributed by atoms with E-state index in [0.717, 1.165) is 116 Å². The molecular weight excluding hydrogens is 805 g/mol. The average Bonchev–Trinajstić information content (AvgIpc) is 3.30. The molecule has 0 bridgehead atoms. The number of hydrogen-bond acceptors (Lipinski definition) is 6. The Bertz CT molecular complexity index is 1360. The van der Waals surface area contributed by atoms with E-state index >= 15 is 0 Å². The molecule has 6 heteroatoms. The van der Waals surface area contributed by atoms with E-state index < -0.39 is 6.10 Å². The summed E-state index contributed by atoms with van der Waals surface area (Å²) in [6.07, 6.45) is 70.8. The lowest BCUT2D eigenvalue weighted by Gasteiger charge is -2.18. The maximum absolute atomic E-state index is 12.8. The third kappa shape index (κ3) is 50.9. The largest absolute Gasteiger partial charge is 0.462 e. The van der Waals surface area contributed by atoms with Crippen LogP contribution in [0.4, 0.5) is 0 Å². The van der Waals surface area contributed by atoms with E-state index in [9.17, 15) is 14.4 Å². The Morgan fingerprint density at radius 3 is 1.08 bits per heavy atom. The Labute approximate surface area is 400 Å². The third-order valence-electron chi connectivity index (χ3n) is 10.7. The summed E-state index contributed by atoms with van der Waals surface area (Å²) in [4.78, 5) is 38.0. The normalized spacial score (nSPS) is 13.0. The van der Waals surface area contributed by atoms with Crippen molar-refractivity contribution in [3.05, 3.63) is 109 Å². The van der Waals surface area contributed by atoms with Gasteiger partial charge in [-0.15, -0.1) is 0 Å². The van der Waals surface area contributed by atoms with E-state index in [2.05, 4.69) is 118 Å². The lowest BCUT2D eigenvalue weighted by molar-refractivity contribution is -0.166. The lowest BCUT2D eigenvalue weighted by atomic mass is 10.1. The zero-order valence-corrected chi connectivity index (χ0v) is 42.0. The van der Waals surface area contributed by atoms with E-state index in [4.69, 9.17) is 14.2 Å². The van der Waals surface area contributed by atoms with Crippen molar-refractivity contribution in [2.75, 3.05) is 13.2 Å². The Kier molecular flexibility index (Phi) is 49.5. The summed E-state index contributed by atoms with van der Waals surface area (Å²) in [5, 5.41) is 0. The van der Waals surface area contributed by atoms with E-state index in [1.54, 1.807) is 0 Å². The highest BCUT2D eigenvalue weighted by Crippen LogP contribution is 2.12. The van der Waals surface area contributed by atoms with Gasteiger partial charge in [0.15, 0.2) is 6.10 Å². The fourth-order valence-corrected chi connectivity index (χ4v) is 6.79. The van der Waals surface area contributed by atoms with Gasteiger partial charge in [0, 0.05) is 19.3 Å². The molecule has 6 nitrogen and oxygen atoms in total. The molecule has 0 aromatic carbocycles. The molecule has 368 valence electrons. The molecule has 0 N–H and O–H groups in total. The molecule has 0 radical (unpaired) electrons. The van der Waals surface area contributed by atoms with Gasteiger partial charge in [-0.05, 0) is 116 Å². The van der Waals surface area contributed by atoms with Crippen molar-refractivity contribution >= 4 is 17.9 Å². The van der Waals surface area contributed by atoms with Crippen molar-refractivity contribution in [3.63, 3.8) is 0 Å². The fraction of sp³-hybridized carbons (Fsp3) is 0.644. The first kappa shape index (κ1) is 61.1. The second-order valence-corrected chi connectivity index (χ2v) is 17.0. The molecule has 0 spiro atoms. The van der Waals surface area contributed by atoms with E-state index in [1.807, 2.05) is 12.2 Å². The van der Waals surface area contributed by atoms with Crippen LogP contribution in [0.1, 0.15) is 226 Å². The van der Waals surface area contributed by atoms with Crippen LogP contribution < -0.4 is 0 Å². The third-order valence-corrected chi connectivity index (χ3v) is 10.7. The molecule has 0 aliphatic carbocycles. The predicted molar refractivity (Wildman–Crippen MR) is 279 cm³/mol. The number of unbranched alkanes of at least 4 members (excludes halogenated alkanes) is 17. The van der Waals surface area contributed by atoms with Gasteiger partial charge in [0.1, 0.15) is 13.2 Å². The highest BCUT2D eigenvalue weighted by atomic mass is 16.6. The fourth-order valence-electron chi connectivity index (χ4n) is 6.79. The minimum Gasteiger partial charge on any atom is -0.462 e. The summed E-state index contributed by atoms with van der Waals surface area (Å²) in [7, 11) is 0. The van der Waals surface area contributed by atoms with Gasteiger partial charge in [0.2, 0.25) is 0 Å². The van der Waals surface area contributed by atoms with Gasteiger partial charge in [-0.3, -0.25) is 14.4 Å². The van der Waals surface area contributed by atoms with Gasteiger partial charge >= 0.3 is 17.9 Å². The van der Waals surface area contributed by atoms with Crippen LogP contribution in [-0.2, 0) is 28.6 Å². The van der Waals surface area contributed by atoms with Gasteiger partial charge in [-0.1, -0.05) is 201 Å². The topological polar surface area (TPSA) is 78.9 Å². The van der Waals surface area contributed by atoms with Gasteiger partial charge in [-0.25, -0.2) is 0 Å². The van der Waals surface area contributed by atoms with Gasteiger partial charge < -0.3 is 14.2 Å². The Hall–Kier alpha value is -3.93. The summed E-state index contributed by atoms with van der Waals surface area (Å²) in [5.74, 6) is -1.03. The first-order chi connectivity index (χ1) is 32.0. The molecule has 0 aliphatic rings. The van der Waals surface area contributed by atoms with Crippen LogP contribution in [0.25, 0.3) is 0 Å². The second-order valence-electron chi connectivity index (χ2n) is 17.0. The van der Waals surface area contributed by atoms with Crippen molar-refractivity contribution < 1.29 is 28.6 Å². The molecule has 1 atom stereocenters. The van der Waals surface area contributed by atoms with E-state index in [-0.39, 0.29) is 37.5 Å². The smallest absolute Gasteiger partial charge is 0.306 e. The van der Waals surface area contributed by atoms with Gasteiger partial charge in [-0.2, -0.15) is 0 Å². The standard InChI is InChI=1S/C59H96O6/c1-4-7-10-13-16-19-22-25-27-28-29-30-32-34-37-40-43-46-49-52-58(61)64-55-56(54-63-57(60)51-48-45-42-39-36-33-24-21-18-15-12-9-6-3)65-59(62)53-50-47-44-41-38-35-31-26-23-20-17-14-11-8-5-2/h7,10,16-17,19-21,24-27,29-31,34,37,43,46,56H,4-6,8-9,11-15,18,22-23,28,32-33,35-36,38-42,44-45,47-55H2,1-3H3/b10-7-,19-16-,20-17-,24-21-,27-25-,30-29-,31-26-,37-34-,46-43-. The van der Waals surface area contributed by atoms with Crippen LogP contribution >= 0.6 is 0 Å². The number of carbonyl (C=O) groups is 3. The van der Waals surface area contributed by atoms with E-state index in [1.165, 1.54) is 64.2 Å². The Morgan fingerprint density at radius 2 is 0.631 bits per heavy atom. The predicted octanol–water partition coefficient (Wildman–Crippen LogP) is 17.5. The Morgan fingerprint density at radius 1 is 0.323 bits per heavy atom. The highest BCUT2D eigenvalue weighted by Gasteiger charge is 2.19. The molecular formula is C59H96O6. The maximum atomic E-state index is 12.8. The minimum absolute atomic E-state index is 0.113. The van der Waals surface area contributed by atoms with Gasteiger partial charge in [0.05, 0.1) is 0 Å². The SMILES string of the molecule is CC/C=C\C/C=C\C/C=C\C/C=C\C/C=C\C/C=C\CCC(=O)OCC(COC(=O)CCCCCCC/C=C\CCCCCC)OC(=O)CCCCCCC/C=C\C/C=C\CCCCC. The van der Waals surface area contributed by atoms with Crippen LogP contribution in [0.5, 0.6) is 0 Å². The minimum atomic E-state index is -0.820. The second kappa shape index (κ2) is 52.7. The molecule has 0 aliphatic heterocycles. The van der Waals surface area contributed by atoms with Crippen LogP contribution in [0.15, 0.2) is 109 Å². The molecule has 0 aromatic heterocycles. The molecule has 0 saturated heterocycles. The summed E-state index contributed by atoms with van der Waals surface area (Å²) < 4.78 is 16.7. The Balaban J connectivity index is 4.55. The number of allylic oxidation sites excluding steroid dienone is 18. The van der Waals surface area contributed by atoms with Crippen LogP contribution in [0.3, 0.4) is 0 Å². The molecule has 1 unspecified atom stereocenters. The van der Waals surface area contributed by atoms with Crippen molar-refractivity contribution in [1.29, 1.82) is 0 Å². The number of hydrogen-bond donors (Lipinski definition) is 0. The number of esters is 3. The zero-order chi connectivity index (χ0) is 47.2. The number of ether oxygens (including phenoxy) is 3. The first-order valence-electron chi connectivity index (χ1n) is 26.4. The van der Waals surface area contributed by atoms with Crippen LogP contribution in [0, 0.1) is 0 Å². The van der Waals surface area contributed by atoms with E-state index in [0.29, 0.717) is 19.3 Å². The maximum Gasteiger partial charge on any atom is 0.306 e. The molecule has 0 rings (SSSR count). The van der Waals surface area contributed by atoms with Crippen molar-refractivity contribution in [2.24, 2.45) is 0 Å². The molecule has 0 fully saturated rings. The number of rotatable bonds is 46. The summed E-state index contributed by atoms with van der Waals surface area (Å²) in [6.45, 7) is 6.38. The first-order valence-corrected chi connectivity index (χ1v) is 26.4. The van der Waals surface area contributed by atoms with Crippen molar-refractivity contribution in [2.45, 2.75) is 232 Å². The molecule has 0 heterocycles.